The molecule has 9 heteroatoms. The molecule has 0 spiro atoms. The minimum absolute atomic E-state index is 0.0492. The van der Waals surface area contributed by atoms with Crippen molar-refractivity contribution >= 4 is 35.1 Å². The molecule has 3 rings (SSSR count). The molecule has 1 aromatic rings. The maximum Gasteiger partial charge on any atom is 0.328 e. The van der Waals surface area contributed by atoms with Crippen LogP contribution in [-0.4, -0.2) is 57.6 Å². The third-order valence-corrected chi connectivity index (χ3v) is 6.50. The monoisotopic (exact) mass is 461 g/mol. The van der Waals surface area contributed by atoms with Crippen molar-refractivity contribution in [2.45, 2.75) is 30.5 Å². The predicted octanol–water partition coefficient (Wildman–Crippen LogP) is 4.21. The van der Waals surface area contributed by atoms with Crippen LogP contribution in [0.2, 0.25) is 0 Å². The molecular weight excluding hydrogens is 436 g/mol. The van der Waals surface area contributed by atoms with E-state index in [1.807, 2.05) is 0 Å². The Morgan fingerprint density at radius 1 is 1.17 bits per heavy atom. The number of nitrogens with zero attached hydrogens (tertiary/aromatic N) is 1. The Bertz CT molecular complexity index is 747. The second-order valence-electron chi connectivity index (χ2n) is 7.94. The van der Waals surface area contributed by atoms with Crippen LogP contribution < -0.4 is 4.74 Å². The van der Waals surface area contributed by atoms with Crippen LogP contribution in [0.15, 0.2) is 36.4 Å². The van der Waals surface area contributed by atoms with Crippen molar-refractivity contribution in [3.63, 3.8) is 0 Å². The molecule has 0 bridgehead atoms. The lowest BCUT2D eigenvalue weighted by Crippen LogP contribution is -2.39. The molecule has 1 aromatic carbocycles. The van der Waals surface area contributed by atoms with Crippen LogP contribution in [-0.2, 0) is 9.59 Å². The van der Waals surface area contributed by atoms with Crippen LogP contribution in [0.4, 0.5) is 4.39 Å². The number of hydrogen-bond donors (Lipinski definition) is 2. The number of carboxylic acid groups (broad SMARTS) is 2. The molecule has 2 N–H and O–H groups in total. The van der Waals surface area contributed by atoms with Gasteiger partial charge < -0.3 is 19.8 Å². The van der Waals surface area contributed by atoms with Crippen molar-refractivity contribution in [3.8, 4) is 5.75 Å². The molecule has 1 heterocycles. The van der Waals surface area contributed by atoms with Gasteiger partial charge in [0.05, 0.1) is 6.61 Å². The molecule has 1 unspecified atom stereocenters. The van der Waals surface area contributed by atoms with Crippen molar-refractivity contribution < 1.29 is 28.9 Å². The van der Waals surface area contributed by atoms with Crippen molar-refractivity contribution in [2.75, 3.05) is 26.2 Å². The molecule has 0 aromatic heterocycles. The highest BCUT2D eigenvalue weighted by molar-refractivity contribution is 6.51. The van der Waals surface area contributed by atoms with E-state index in [4.69, 9.17) is 38.2 Å². The first-order valence-electron chi connectivity index (χ1n) is 9.63. The highest BCUT2D eigenvalue weighted by Crippen LogP contribution is 2.64. The Morgan fingerprint density at radius 3 is 2.10 bits per heavy atom. The van der Waals surface area contributed by atoms with E-state index in [-0.39, 0.29) is 11.2 Å². The van der Waals surface area contributed by atoms with Crippen molar-refractivity contribution in [1.82, 2.24) is 4.90 Å². The summed E-state index contributed by atoms with van der Waals surface area (Å²) in [5.74, 6) is -1.45. The molecule has 1 saturated carbocycles. The maximum atomic E-state index is 12.8. The van der Waals surface area contributed by atoms with E-state index in [9.17, 15) is 14.0 Å². The van der Waals surface area contributed by atoms with Crippen LogP contribution in [0.1, 0.15) is 26.2 Å². The Morgan fingerprint density at radius 2 is 1.67 bits per heavy atom. The SMILES string of the molecule is CC1(CN2CCC(COc3ccc(F)cc3)CC2)CC1(Cl)Cl.O=C(O)/C=C/C(=O)O. The third-order valence-electron chi connectivity index (χ3n) is 5.32. The van der Waals surface area contributed by atoms with Gasteiger partial charge in [-0.3, -0.25) is 0 Å². The average molecular weight is 462 g/mol. The van der Waals surface area contributed by atoms with Crippen molar-refractivity contribution in [1.29, 1.82) is 0 Å². The number of halogens is 3. The summed E-state index contributed by atoms with van der Waals surface area (Å²) in [5, 5.41) is 15.6. The van der Waals surface area contributed by atoms with E-state index in [2.05, 4.69) is 11.8 Å². The summed E-state index contributed by atoms with van der Waals surface area (Å²) in [4.78, 5) is 21.6. The van der Waals surface area contributed by atoms with Gasteiger partial charge in [0.2, 0.25) is 0 Å². The number of alkyl halides is 2. The first-order chi connectivity index (χ1) is 14.0. The predicted molar refractivity (Wildman–Crippen MR) is 113 cm³/mol. The molecule has 30 heavy (non-hydrogen) atoms. The fourth-order valence-corrected chi connectivity index (χ4v) is 4.02. The van der Waals surface area contributed by atoms with Gasteiger partial charge in [0, 0.05) is 24.1 Å². The molecule has 166 valence electrons. The Balaban J connectivity index is 0.000000343. The van der Waals surface area contributed by atoms with Crippen LogP contribution >= 0.6 is 23.2 Å². The van der Waals surface area contributed by atoms with Gasteiger partial charge in [-0.15, -0.1) is 23.2 Å². The maximum absolute atomic E-state index is 12.8. The molecule has 1 saturated heterocycles. The van der Waals surface area contributed by atoms with Gasteiger partial charge in [0.25, 0.3) is 0 Å². The summed E-state index contributed by atoms with van der Waals surface area (Å²) in [7, 11) is 0. The summed E-state index contributed by atoms with van der Waals surface area (Å²) in [5.41, 5.74) is 0.0492. The summed E-state index contributed by atoms with van der Waals surface area (Å²) in [6.45, 7) is 5.97. The average Bonchev–Trinajstić information content (AvgIpc) is 3.18. The molecule has 0 amide bonds. The van der Waals surface area contributed by atoms with Crippen LogP contribution in [0.3, 0.4) is 0 Å². The highest BCUT2D eigenvalue weighted by Gasteiger charge is 2.63. The van der Waals surface area contributed by atoms with E-state index in [0.717, 1.165) is 44.6 Å². The van der Waals surface area contributed by atoms with E-state index in [1.165, 1.54) is 12.1 Å². The molecule has 2 aliphatic rings. The Hall–Kier alpha value is -1.83. The zero-order valence-corrected chi connectivity index (χ0v) is 18.2. The Labute approximate surface area is 185 Å². The number of rotatable bonds is 7. The summed E-state index contributed by atoms with van der Waals surface area (Å²) >= 11 is 12.4. The van der Waals surface area contributed by atoms with Crippen LogP contribution in [0.25, 0.3) is 0 Å². The molecule has 0 radical (unpaired) electrons. The standard InChI is InChI=1S/C17H22Cl2FNO.C4H4O4/c1-16(11-17(16,18)19)12-21-8-6-13(7-9-21)10-22-15-4-2-14(20)3-5-15;5-3(6)1-2-4(7)8/h2-5,13H,6-12H2,1H3;1-2H,(H,5,6)(H,7,8)/b;2-1+. The van der Waals surface area contributed by atoms with Gasteiger partial charge >= 0.3 is 11.9 Å². The number of piperidine rings is 1. The summed E-state index contributed by atoms with van der Waals surface area (Å²) in [6, 6.07) is 6.22. The molecule has 1 atom stereocenters. The van der Waals surface area contributed by atoms with Crippen LogP contribution in [0.5, 0.6) is 5.75 Å². The topological polar surface area (TPSA) is 87.1 Å². The molecular formula is C21H26Cl2FNO5. The lowest BCUT2D eigenvalue weighted by atomic mass is 9.96. The smallest absolute Gasteiger partial charge is 0.328 e. The van der Waals surface area contributed by atoms with Crippen LogP contribution in [0, 0.1) is 17.2 Å². The van der Waals surface area contributed by atoms with Gasteiger partial charge in [-0.2, -0.15) is 0 Å². The zero-order chi connectivity index (χ0) is 22.4. The molecule has 2 fully saturated rings. The minimum Gasteiger partial charge on any atom is -0.493 e. The van der Waals surface area contributed by atoms with Crippen molar-refractivity contribution in [2.24, 2.45) is 11.3 Å². The van der Waals surface area contributed by atoms with E-state index in [0.29, 0.717) is 24.7 Å². The molecule has 1 aliphatic heterocycles. The van der Waals surface area contributed by atoms with Gasteiger partial charge in [-0.05, 0) is 62.5 Å². The van der Waals surface area contributed by atoms with Gasteiger partial charge in [-0.25, -0.2) is 14.0 Å². The number of carboxylic acids is 2. The number of aliphatic carboxylic acids is 2. The largest absolute Gasteiger partial charge is 0.493 e. The van der Waals surface area contributed by atoms with E-state index >= 15 is 0 Å². The lowest BCUT2D eigenvalue weighted by molar-refractivity contribution is -0.134. The van der Waals surface area contributed by atoms with Gasteiger partial charge in [0.15, 0.2) is 0 Å². The molecule has 1 aliphatic carbocycles. The number of likely N-dealkylation sites (tertiary alicyclic amines) is 1. The highest BCUT2D eigenvalue weighted by atomic mass is 35.5. The Kier molecular flexibility index (Phi) is 8.52. The first kappa shape index (κ1) is 24.4. The van der Waals surface area contributed by atoms with Crippen molar-refractivity contribution in [3.05, 3.63) is 42.2 Å². The number of ether oxygens (including phenoxy) is 1. The number of benzene rings is 1. The zero-order valence-electron chi connectivity index (χ0n) is 16.7. The molecule has 6 nitrogen and oxygen atoms in total. The quantitative estimate of drug-likeness (QED) is 0.466. The first-order valence-corrected chi connectivity index (χ1v) is 10.4. The van der Waals surface area contributed by atoms with Gasteiger partial charge in [-0.1, -0.05) is 6.92 Å². The van der Waals surface area contributed by atoms with E-state index < -0.39 is 16.3 Å². The second kappa shape index (κ2) is 10.5. The third kappa shape index (κ3) is 7.78. The number of hydrogen-bond acceptors (Lipinski definition) is 4. The fourth-order valence-electron chi connectivity index (χ4n) is 3.31. The summed E-state index contributed by atoms with van der Waals surface area (Å²) < 4.78 is 18.1. The lowest BCUT2D eigenvalue weighted by Gasteiger charge is -2.34. The second-order valence-corrected chi connectivity index (χ2v) is 9.42. The summed E-state index contributed by atoms with van der Waals surface area (Å²) in [6.07, 6.45) is 4.24. The van der Waals surface area contributed by atoms with E-state index in [1.54, 1.807) is 12.1 Å². The number of carbonyl (C=O) groups is 2. The van der Waals surface area contributed by atoms with Gasteiger partial charge in [0.1, 0.15) is 15.9 Å². The normalized spacial score (nSPS) is 23.5. The fraction of sp³-hybridized carbons (Fsp3) is 0.524. The minimum atomic E-state index is -1.26.